The van der Waals surface area contributed by atoms with Gasteiger partial charge in [0.05, 0.1) is 19.3 Å². The lowest BCUT2D eigenvalue weighted by molar-refractivity contribution is 0.0368. The summed E-state index contributed by atoms with van der Waals surface area (Å²) in [5.41, 5.74) is 5.98. The van der Waals surface area contributed by atoms with Crippen LogP contribution in [-0.4, -0.2) is 54.9 Å². The molecule has 6 heteroatoms. The molecule has 1 saturated heterocycles. The van der Waals surface area contributed by atoms with Crippen molar-refractivity contribution in [1.82, 2.24) is 4.90 Å². The van der Waals surface area contributed by atoms with Crippen molar-refractivity contribution in [3.63, 3.8) is 0 Å². The van der Waals surface area contributed by atoms with Crippen molar-refractivity contribution >= 4 is 29.9 Å². The summed E-state index contributed by atoms with van der Waals surface area (Å²) < 4.78 is 5.44. The van der Waals surface area contributed by atoms with Crippen LogP contribution in [0.15, 0.2) is 4.99 Å². The van der Waals surface area contributed by atoms with E-state index in [2.05, 4.69) is 9.89 Å². The lowest BCUT2D eigenvalue weighted by Crippen LogP contribution is -2.38. The second-order valence-electron chi connectivity index (χ2n) is 5.73. The number of nitrogens with two attached hydrogens (primary N) is 1. The number of rotatable bonds is 6. The van der Waals surface area contributed by atoms with E-state index in [4.69, 9.17) is 10.5 Å². The summed E-state index contributed by atoms with van der Waals surface area (Å²) in [6, 6.07) is 0. The fourth-order valence-corrected chi connectivity index (χ4v) is 2.31. The van der Waals surface area contributed by atoms with Crippen molar-refractivity contribution in [3.8, 4) is 0 Å². The van der Waals surface area contributed by atoms with Gasteiger partial charge in [-0.15, -0.1) is 24.0 Å². The average Bonchev–Trinajstić information content (AvgIpc) is 3.22. The van der Waals surface area contributed by atoms with E-state index < -0.39 is 6.10 Å². The van der Waals surface area contributed by atoms with E-state index in [0.29, 0.717) is 19.1 Å². The molecule has 3 N–H and O–H groups in total. The summed E-state index contributed by atoms with van der Waals surface area (Å²) >= 11 is 0. The molecule has 2 aliphatic rings. The van der Waals surface area contributed by atoms with Crippen LogP contribution in [0.5, 0.6) is 0 Å². The van der Waals surface area contributed by atoms with Crippen LogP contribution in [-0.2, 0) is 4.74 Å². The van der Waals surface area contributed by atoms with E-state index in [-0.39, 0.29) is 24.0 Å². The maximum absolute atomic E-state index is 9.78. The van der Waals surface area contributed by atoms with Crippen LogP contribution in [0, 0.1) is 5.92 Å². The van der Waals surface area contributed by atoms with E-state index in [1.54, 1.807) is 0 Å². The summed E-state index contributed by atoms with van der Waals surface area (Å²) in [7, 11) is 0. The number of ether oxygens (including phenoxy) is 1. The van der Waals surface area contributed by atoms with E-state index in [1.807, 2.05) is 0 Å². The van der Waals surface area contributed by atoms with E-state index in [0.717, 1.165) is 25.6 Å². The van der Waals surface area contributed by atoms with Gasteiger partial charge in [-0.1, -0.05) is 12.8 Å². The highest BCUT2D eigenvalue weighted by Crippen LogP contribution is 2.28. The number of aliphatic hydroxyl groups is 1. The third-order valence-corrected chi connectivity index (χ3v) is 3.75. The number of guanidine groups is 1. The fourth-order valence-electron chi connectivity index (χ4n) is 2.31. The molecule has 1 atom stereocenters. The van der Waals surface area contributed by atoms with Gasteiger partial charge in [0.1, 0.15) is 0 Å². The number of aliphatic imine (C=N–C) groups is 1. The molecular weight excluding hydrogens is 369 g/mol. The first kappa shape index (κ1) is 18.0. The molecule has 0 amide bonds. The second kappa shape index (κ2) is 9.78. The number of aliphatic hydroxyl groups excluding tert-OH is 1. The molecule has 1 saturated carbocycles. The van der Waals surface area contributed by atoms with Gasteiger partial charge < -0.3 is 20.5 Å². The molecule has 5 nitrogen and oxygen atoms in total. The van der Waals surface area contributed by atoms with Gasteiger partial charge in [0.15, 0.2) is 5.96 Å². The first-order valence-corrected chi connectivity index (χ1v) is 7.56. The molecule has 1 heterocycles. The average molecular weight is 397 g/mol. The van der Waals surface area contributed by atoms with E-state index in [1.165, 1.54) is 38.5 Å². The first-order chi connectivity index (χ1) is 9.25. The van der Waals surface area contributed by atoms with Crippen molar-refractivity contribution in [3.05, 3.63) is 0 Å². The van der Waals surface area contributed by atoms with Crippen LogP contribution in [0.1, 0.15) is 38.5 Å². The molecular formula is C14H28IN3O2. The van der Waals surface area contributed by atoms with Crippen molar-refractivity contribution in [2.75, 3.05) is 32.8 Å². The maximum Gasteiger partial charge on any atom is 0.191 e. The molecule has 0 aromatic heterocycles. The highest BCUT2D eigenvalue weighted by atomic mass is 127. The minimum Gasteiger partial charge on any atom is -0.389 e. The molecule has 0 bridgehead atoms. The van der Waals surface area contributed by atoms with Crippen molar-refractivity contribution in [2.24, 2.45) is 16.6 Å². The molecule has 0 spiro atoms. The molecule has 1 aliphatic heterocycles. The molecule has 2 fully saturated rings. The van der Waals surface area contributed by atoms with Gasteiger partial charge in [0.25, 0.3) is 0 Å². The minimum absolute atomic E-state index is 0. The summed E-state index contributed by atoms with van der Waals surface area (Å²) in [5, 5.41) is 9.78. The summed E-state index contributed by atoms with van der Waals surface area (Å²) in [5.74, 6) is 1.31. The van der Waals surface area contributed by atoms with E-state index >= 15 is 0 Å². The maximum atomic E-state index is 9.78. The first-order valence-electron chi connectivity index (χ1n) is 7.56. The van der Waals surface area contributed by atoms with E-state index in [9.17, 15) is 5.11 Å². The Balaban J connectivity index is 0.00000200. The number of halogens is 1. The monoisotopic (exact) mass is 397 g/mol. The molecule has 118 valence electrons. The summed E-state index contributed by atoms with van der Waals surface area (Å²) in [4.78, 5) is 6.42. The van der Waals surface area contributed by atoms with Gasteiger partial charge in [-0.25, -0.2) is 0 Å². The molecule has 0 radical (unpaired) electrons. The zero-order valence-electron chi connectivity index (χ0n) is 12.2. The molecule has 0 aromatic carbocycles. The zero-order chi connectivity index (χ0) is 13.5. The van der Waals surface area contributed by atoms with Crippen LogP contribution < -0.4 is 5.73 Å². The minimum atomic E-state index is -0.538. The SMILES string of the molecule is I.NC(=NCC(O)COCC1CC1)N1CCCCCC1. The standard InChI is InChI=1S/C14H27N3O2.HI/c15-14(17-7-3-1-2-4-8-17)16-9-13(18)11-19-10-12-5-6-12;/h12-13,18H,1-11H2,(H2,15,16);1H. The molecule has 1 aliphatic carbocycles. The van der Waals surface area contributed by atoms with Gasteiger partial charge in [0.2, 0.25) is 0 Å². The predicted octanol–water partition coefficient (Wildman–Crippen LogP) is 1.58. The van der Waals surface area contributed by atoms with Crippen LogP contribution in [0.2, 0.25) is 0 Å². The van der Waals surface area contributed by atoms with Crippen LogP contribution in [0.3, 0.4) is 0 Å². The lowest BCUT2D eigenvalue weighted by Gasteiger charge is -2.21. The number of hydrogen-bond acceptors (Lipinski definition) is 3. The zero-order valence-corrected chi connectivity index (χ0v) is 14.5. The fraction of sp³-hybridized carbons (Fsp3) is 0.929. The summed E-state index contributed by atoms with van der Waals surface area (Å²) in [6.45, 7) is 3.47. The second-order valence-corrected chi connectivity index (χ2v) is 5.73. The molecule has 0 aromatic rings. The Morgan fingerprint density at radius 3 is 2.50 bits per heavy atom. The van der Waals surface area contributed by atoms with Crippen molar-refractivity contribution < 1.29 is 9.84 Å². The smallest absolute Gasteiger partial charge is 0.191 e. The molecule has 20 heavy (non-hydrogen) atoms. The van der Waals surface area contributed by atoms with Gasteiger partial charge >= 0.3 is 0 Å². The Hall–Kier alpha value is -0.0800. The normalized spacial score (nSPS) is 22.1. The molecule has 2 rings (SSSR count). The highest BCUT2D eigenvalue weighted by Gasteiger charge is 2.21. The van der Waals surface area contributed by atoms with Crippen molar-refractivity contribution in [1.29, 1.82) is 0 Å². The summed E-state index contributed by atoms with van der Waals surface area (Å²) in [6.07, 6.45) is 6.94. The Morgan fingerprint density at radius 1 is 1.25 bits per heavy atom. The Morgan fingerprint density at radius 2 is 1.90 bits per heavy atom. The number of likely N-dealkylation sites (tertiary alicyclic amines) is 1. The third-order valence-electron chi connectivity index (χ3n) is 3.75. The highest BCUT2D eigenvalue weighted by molar-refractivity contribution is 14.0. The Labute approximate surface area is 139 Å². The van der Waals surface area contributed by atoms with Gasteiger partial charge in [-0.2, -0.15) is 0 Å². The predicted molar refractivity (Wildman–Crippen MR) is 91.5 cm³/mol. The lowest BCUT2D eigenvalue weighted by atomic mass is 10.2. The Kier molecular flexibility index (Phi) is 8.79. The van der Waals surface area contributed by atoms with Crippen molar-refractivity contribution in [2.45, 2.75) is 44.6 Å². The molecule has 1 unspecified atom stereocenters. The number of nitrogens with zero attached hydrogens (tertiary/aromatic N) is 2. The topological polar surface area (TPSA) is 71.1 Å². The third kappa shape index (κ3) is 7.08. The van der Waals surface area contributed by atoms with Crippen LogP contribution in [0.4, 0.5) is 0 Å². The van der Waals surface area contributed by atoms with Crippen LogP contribution in [0.25, 0.3) is 0 Å². The van der Waals surface area contributed by atoms with Gasteiger partial charge in [-0.05, 0) is 31.6 Å². The van der Waals surface area contributed by atoms with Gasteiger partial charge in [-0.3, -0.25) is 4.99 Å². The Bertz CT molecular complexity index is 290. The number of hydrogen-bond donors (Lipinski definition) is 2. The quantitative estimate of drug-likeness (QED) is 0.406. The largest absolute Gasteiger partial charge is 0.389 e. The van der Waals surface area contributed by atoms with Crippen LogP contribution >= 0.6 is 24.0 Å². The van der Waals surface area contributed by atoms with Gasteiger partial charge in [0, 0.05) is 19.7 Å².